The van der Waals surface area contributed by atoms with Gasteiger partial charge in [0.25, 0.3) is 5.91 Å². The molecule has 0 fully saturated rings. The number of nitrogens with one attached hydrogen (secondary N) is 1. The number of carbonyl (C=O) groups excluding carboxylic acids is 1. The van der Waals surface area contributed by atoms with Gasteiger partial charge in [0, 0.05) is 11.3 Å². The van der Waals surface area contributed by atoms with Gasteiger partial charge >= 0.3 is 0 Å². The zero-order chi connectivity index (χ0) is 11.8. The van der Waals surface area contributed by atoms with Crippen LogP contribution in [-0.2, 0) is 4.79 Å². The van der Waals surface area contributed by atoms with E-state index in [-0.39, 0.29) is 5.91 Å². The summed E-state index contributed by atoms with van der Waals surface area (Å²) in [6.07, 6.45) is 3.41. The van der Waals surface area contributed by atoms with Crippen LogP contribution < -0.4 is 5.32 Å². The van der Waals surface area contributed by atoms with Crippen LogP contribution in [0, 0.1) is 6.92 Å². The Labute approximate surface area is 98.8 Å². The predicted molar refractivity (Wildman–Crippen MR) is 66.4 cm³/mol. The number of benzene rings is 1. The van der Waals surface area contributed by atoms with E-state index in [1.807, 2.05) is 37.3 Å². The van der Waals surface area contributed by atoms with Crippen LogP contribution in [0.15, 0.2) is 41.0 Å². The minimum atomic E-state index is -0.0815. The molecule has 1 aromatic heterocycles. The van der Waals surface area contributed by atoms with Gasteiger partial charge in [-0.25, -0.2) is 0 Å². The second kappa shape index (κ2) is 3.63. The summed E-state index contributed by atoms with van der Waals surface area (Å²) in [4.78, 5) is 11.8. The van der Waals surface area contributed by atoms with E-state index in [1.165, 1.54) is 0 Å². The van der Waals surface area contributed by atoms with E-state index in [0.29, 0.717) is 5.57 Å². The van der Waals surface area contributed by atoms with Crippen LogP contribution in [0.3, 0.4) is 0 Å². The van der Waals surface area contributed by atoms with Crippen molar-refractivity contribution >= 4 is 23.2 Å². The molecule has 1 aliphatic heterocycles. The van der Waals surface area contributed by atoms with Crippen LogP contribution in [0.4, 0.5) is 5.69 Å². The highest BCUT2D eigenvalue weighted by molar-refractivity contribution is 6.34. The number of amides is 1. The van der Waals surface area contributed by atoms with E-state index in [0.717, 1.165) is 22.6 Å². The summed E-state index contributed by atoms with van der Waals surface area (Å²) in [7, 11) is 0. The highest BCUT2D eigenvalue weighted by Gasteiger charge is 2.23. The van der Waals surface area contributed by atoms with Gasteiger partial charge in [0.2, 0.25) is 0 Å². The summed E-state index contributed by atoms with van der Waals surface area (Å²) >= 11 is 0. The fraction of sp³-hybridized carbons (Fsp3) is 0.0714. The second-order valence-corrected chi connectivity index (χ2v) is 4.03. The van der Waals surface area contributed by atoms with Crippen molar-refractivity contribution in [2.24, 2.45) is 0 Å². The molecule has 1 aromatic carbocycles. The number of hydrogen-bond donors (Lipinski definition) is 1. The fourth-order valence-electron chi connectivity index (χ4n) is 1.95. The SMILES string of the molecule is Cc1ccoc1/C=C1\C(=O)Nc2ccccc21. The minimum Gasteiger partial charge on any atom is -0.465 e. The van der Waals surface area contributed by atoms with E-state index in [2.05, 4.69) is 5.32 Å². The van der Waals surface area contributed by atoms with E-state index >= 15 is 0 Å². The minimum absolute atomic E-state index is 0.0815. The standard InChI is InChI=1S/C14H11NO2/c1-9-6-7-17-13(9)8-11-10-4-2-3-5-12(10)15-14(11)16/h2-8H,1H3,(H,15,16)/b11-8-. The molecular weight excluding hydrogens is 214 g/mol. The third-order valence-electron chi connectivity index (χ3n) is 2.89. The molecular formula is C14H11NO2. The molecule has 1 amide bonds. The maximum atomic E-state index is 11.8. The molecule has 0 radical (unpaired) electrons. The van der Waals surface area contributed by atoms with Gasteiger partial charge in [0.1, 0.15) is 5.76 Å². The first-order valence-corrected chi connectivity index (χ1v) is 5.42. The lowest BCUT2D eigenvalue weighted by Crippen LogP contribution is -2.03. The fourth-order valence-corrected chi connectivity index (χ4v) is 1.95. The number of furan rings is 1. The van der Waals surface area contributed by atoms with Crippen LogP contribution in [0.1, 0.15) is 16.9 Å². The van der Waals surface area contributed by atoms with Crippen molar-refractivity contribution in [2.45, 2.75) is 6.92 Å². The molecule has 3 rings (SSSR count). The topological polar surface area (TPSA) is 42.2 Å². The zero-order valence-electron chi connectivity index (χ0n) is 9.36. The monoisotopic (exact) mass is 225 g/mol. The smallest absolute Gasteiger partial charge is 0.256 e. The predicted octanol–water partition coefficient (Wildman–Crippen LogP) is 3.08. The van der Waals surface area contributed by atoms with Crippen molar-refractivity contribution in [1.29, 1.82) is 0 Å². The molecule has 2 aromatic rings. The summed E-state index contributed by atoms with van der Waals surface area (Å²) in [5.74, 6) is 0.647. The van der Waals surface area contributed by atoms with Crippen molar-refractivity contribution in [3.05, 3.63) is 53.5 Å². The van der Waals surface area contributed by atoms with E-state index in [1.54, 1.807) is 12.3 Å². The van der Waals surface area contributed by atoms with E-state index in [9.17, 15) is 4.79 Å². The molecule has 0 saturated carbocycles. The van der Waals surface area contributed by atoms with Gasteiger partial charge in [-0.3, -0.25) is 4.79 Å². The molecule has 3 heteroatoms. The quantitative estimate of drug-likeness (QED) is 0.758. The van der Waals surface area contributed by atoms with Crippen molar-refractivity contribution in [3.63, 3.8) is 0 Å². The van der Waals surface area contributed by atoms with Crippen molar-refractivity contribution < 1.29 is 9.21 Å². The van der Waals surface area contributed by atoms with Crippen LogP contribution in [-0.4, -0.2) is 5.91 Å². The van der Waals surface area contributed by atoms with Gasteiger partial charge in [0.05, 0.1) is 11.8 Å². The van der Waals surface area contributed by atoms with Crippen LogP contribution >= 0.6 is 0 Å². The molecule has 1 aliphatic rings. The Morgan fingerprint density at radius 1 is 1.24 bits per heavy atom. The summed E-state index contributed by atoms with van der Waals surface area (Å²) < 4.78 is 5.33. The Morgan fingerprint density at radius 3 is 2.82 bits per heavy atom. The summed E-state index contributed by atoms with van der Waals surface area (Å²) in [5.41, 5.74) is 3.45. The molecule has 2 heterocycles. The molecule has 84 valence electrons. The van der Waals surface area contributed by atoms with Gasteiger partial charge < -0.3 is 9.73 Å². The van der Waals surface area contributed by atoms with Crippen molar-refractivity contribution in [2.75, 3.05) is 5.32 Å². The third kappa shape index (κ3) is 1.56. The van der Waals surface area contributed by atoms with Crippen LogP contribution in [0.5, 0.6) is 0 Å². The summed E-state index contributed by atoms with van der Waals surface area (Å²) in [6.45, 7) is 1.95. The highest BCUT2D eigenvalue weighted by atomic mass is 16.3. The van der Waals surface area contributed by atoms with Gasteiger partial charge in [-0.2, -0.15) is 0 Å². The first kappa shape index (κ1) is 9.90. The Balaban J connectivity index is 2.13. The maximum absolute atomic E-state index is 11.8. The lowest BCUT2D eigenvalue weighted by atomic mass is 10.1. The van der Waals surface area contributed by atoms with Crippen molar-refractivity contribution in [3.8, 4) is 0 Å². The van der Waals surface area contributed by atoms with Gasteiger partial charge in [-0.1, -0.05) is 18.2 Å². The number of hydrogen-bond acceptors (Lipinski definition) is 2. The lowest BCUT2D eigenvalue weighted by molar-refractivity contribution is -0.110. The van der Waals surface area contributed by atoms with Gasteiger partial charge in [-0.05, 0) is 30.7 Å². The molecule has 0 saturated heterocycles. The molecule has 3 nitrogen and oxygen atoms in total. The Hall–Kier alpha value is -2.29. The molecule has 0 aliphatic carbocycles. The van der Waals surface area contributed by atoms with Crippen LogP contribution in [0.25, 0.3) is 11.6 Å². The van der Waals surface area contributed by atoms with E-state index < -0.39 is 0 Å². The molecule has 0 atom stereocenters. The van der Waals surface area contributed by atoms with E-state index in [4.69, 9.17) is 4.42 Å². The average Bonchev–Trinajstić information content (AvgIpc) is 2.85. The maximum Gasteiger partial charge on any atom is 0.256 e. The number of para-hydroxylation sites is 1. The second-order valence-electron chi connectivity index (χ2n) is 4.03. The first-order valence-electron chi connectivity index (χ1n) is 5.42. The molecule has 0 unspecified atom stereocenters. The number of aryl methyl sites for hydroxylation is 1. The number of rotatable bonds is 1. The molecule has 0 bridgehead atoms. The number of carbonyl (C=O) groups is 1. The summed E-state index contributed by atoms with van der Waals surface area (Å²) in [5, 5.41) is 2.83. The van der Waals surface area contributed by atoms with Crippen LogP contribution in [0.2, 0.25) is 0 Å². The van der Waals surface area contributed by atoms with Gasteiger partial charge in [0.15, 0.2) is 0 Å². The largest absolute Gasteiger partial charge is 0.465 e. The first-order chi connectivity index (χ1) is 8.25. The third-order valence-corrected chi connectivity index (χ3v) is 2.89. The van der Waals surface area contributed by atoms with Crippen molar-refractivity contribution in [1.82, 2.24) is 0 Å². The number of fused-ring (bicyclic) bond motifs is 1. The molecule has 17 heavy (non-hydrogen) atoms. The Kier molecular flexibility index (Phi) is 2.11. The van der Waals surface area contributed by atoms with Gasteiger partial charge in [-0.15, -0.1) is 0 Å². The lowest BCUT2D eigenvalue weighted by Gasteiger charge is -1.96. The summed E-state index contributed by atoms with van der Waals surface area (Å²) in [6, 6.07) is 9.52. The Bertz CT molecular complexity index is 623. The zero-order valence-corrected chi connectivity index (χ0v) is 9.36. The Morgan fingerprint density at radius 2 is 2.06 bits per heavy atom. The molecule has 0 spiro atoms. The molecule has 1 N–H and O–H groups in total. The number of anilines is 1. The highest BCUT2D eigenvalue weighted by Crippen LogP contribution is 2.33. The normalized spacial score (nSPS) is 16.1. The average molecular weight is 225 g/mol.